The number of hydrogen-bond donors (Lipinski definition) is 2. The van der Waals surface area contributed by atoms with E-state index in [-0.39, 0.29) is 16.8 Å². The van der Waals surface area contributed by atoms with E-state index in [1.54, 1.807) is 18.2 Å². The Morgan fingerprint density at radius 2 is 1.88 bits per heavy atom. The number of esters is 1. The van der Waals surface area contributed by atoms with Gasteiger partial charge in [-0.05, 0) is 32.0 Å². The van der Waals surface area contributed by atoms with Crippen LogP contribution in [-0.2, 0) is 24.3 Å². The molecule has 2 aliphatic heterocycles. The van der Waals surface area contributed by atoms with Crippen LogP contribution in [-0.4, -0.2) is 44.9 Å². The smallest absolute Gasteiger partial charge is 0.331 e. The largest absolute Gasteiger partial charge is 0.493 e. The molecular formula is C22H23N3O6S. The molecule has 9 nitrogen and oxygen atoms in total. The van der Waals surface area contributed by atoms with Crippen molar-refractivity contribution in [2.24, 2.45) is 4.99 Å². The van der Waals surface area contributed by atoms with Crippen LogP contribution in [0.25, 0.3) is 0 Å². The minimum absolute atomic E-state index is 0.0703. The third kappa shape index (κ3) is 4.31. The number of aliphatic imine (C=N–C) groups is 1. The highest BCUT2D eigenvalue weighted by Crippen LogP contribution is 2.31. The maximum absolute atomic E-state index is 12.6. The molecule has 2 aliphatic rings. The Bertz CT molecular complexity index is 1190. The van der Waals surface area contributed by atoms with Crippen molar-refractivity contribution >= 4 is 27.7 Å². The quantitative estimate of drug-likeness (QED) is 0.659. The van der Waals surface area contributed by atoms with Crippen molar-refractivity contribution in [1.82, 2.24) is 10.0 Å². The van der Waals surface area contributed by atoms with Crippen LogP contribution in [0.1, 0.15) is 37.4 Å². The molecular weight excluding hydrogens is 434 g/mol. The summed E-state index contributed by atoms with van der Waals surface area (Å²) in [5.74, 6) is -0.388. The summed E-state index contributed by atoms with van der Waals surface area (Å²) in [7, 11) is -3.71. The topological polar surface area (TPSA) is 123 Å². The van der Waals surface area contributed by atoms with Crippen molar-refractivity contribution in [3.8, 4) is 5.75 Å². The molecule has 0 radical (unpaired) electrons. The fourth-order valence-electron chi connectivity index (χ4n) is 3.58. The van der Waals surface area contributed by atoms with Crippen LogP contribution >= 0.6 is 0 Å². The van der Waals surface area contributed by atoms with Crippen molar-refractivity contribution in [2.45, 2.75) is 43.4 Å². The average Bonchev–Trinajstić information content (AvgIpc) is 3.04. The number of carbonyl (C=O) groups is 2. The fraction of sp³-hybridized carbons (Fsp3) is 0.318. The number of para-hydroxylation sites is 1. The van der Waals surface area contributed by atoms with E-state index in [1.165, 1.54) is 19.9 Å². The Morgan fingerprint density at radius 1 is 1.16 bits per heavy atom. The van der Waals surface area contributed by atoms with E-state index in [2.05, 4.69) is 15.0 Å². The molecule has 2 aromatic carbocycles. The summed E-state index contributed by atoms with van der Waals surface area (Å²) >= 11 is 0. The highest BCUT2D eigenvalue weighted by Gasteiger charge is 2.32. The lowest BCUT2D eigenvalue weighted by atomic mass is 10.0. The number of ether oxygens (including phenoxy) is 2. The Balaban J connectivity index is 1.40. The van der Waals surface area contributed by atoms with Gasteiger partial charge in [0.1, 0.15) is 17.6 Å². The van der Waals surface area contributed by atoms with E-state index in [9.17, 15) is 18.0 Å². The molecule has 2 aromatic rings. The standard InChI is InChI=1S/C22H23N3O6S/c1-13(23-20-16-8-4-6-10-19(16)32(28,29)25-20)22(27)31-14(2)21(26)24-17-11-12-30-18-9-5-3-7-15(17)18/h3-10,13-14,17H,11-12H2,1-2H3,(H,23,25)(H,24,26)/t13-,14?,17?/m0/s1. The Kier molecular flexibility index (Phi) is 5.88. The fourth-order valence-corrected chi connectivity index (χ4v) is 4.82. The number of hydrogen-bond acceptors (Lipinski definition) is 7. The highest BCUT2D eigenvalue weighted by atomic mass is 32.2. The summed E-state index contributed by atoms with van der Waals surface area (Å²) in [6, 6.07) is 12.5. The van der Waals surface area contributed by atoms with Gasteiger partial charge in [-0.1, -0.05) is 30.3 Å². The van der Waals surface area contributed by atoms with Crippen molar-refractivity contribution in [2.75, 3.05) is 6.61 Å². The first-order valence-electron chi connectivity index (χ1n) is 10.2. The zero-order valence-electron chi connectivity index (χ0n) is 17.6. The Hall–Kier alpha value is -3.40. The van der Waals surface area contributed by atoms with E-state index >= 15 is 0 Å². The third-order valence-electron chi connectivity index (χ3n) is 5.26. The first kappa shape index (κ1) is 21.8. The molecule has 10 heteroatoms. The van der Waals surface area contributed by atoms with Crippen LogP contribution in [0.3, 0.4) is 0 Å². The minimum atomic E-state index is -3.71. The molecule has 1 amide bonds. The van der Waals surface area contributed by atoms with Gasteiger partial charge in [-0.3, -0.25) is 14.5 Å². The molecule has 2 heterocycles. The second-order valence-corrected chi connectivity index (χ2v) is 9.22. The molecule has 32 heavy (non-hydrogen) atoms. The lowest BCUT2D eigenvalue weighted by Gasteiger charge is -2.27. The molecule has 0 saturated heterocycles. The first-order valence-corrected chi connectivity index (χ1v) is 11.7. The van der Waals surface area contributed by atoms with Gasteiger partial charge in [0.2, 0.25) is 0 Å². The van der Waals surface area contributed by atoms with Gasteiger partial charge in [0, 0.05) is 17.5 Å². The number of benzene rings is 2. The number of carbonyl (C=O) groups excluding carboxylic acids is 2. The van der Waals surface area contributed by atoms with Crippen LogP contribution in [0.4, 0.5) is 0 Å². The third-order valence-corrected chi connectivity index (χ3v) is 6.66. The molecule has 2 unspecified atom stereocenters. The number of rotatable bonds is 5. The van der Waals surface area contributed by atoms with Gasteiger partial charge in [0.25, 0.3) is 15.9 Å². The number of amidine groups is 1. The molecule has 0 saturated carbocycles. The first-order chi connectivity index (χ1) is 15.3. The predicted octanol–water partition coefficient (Wildman–Crippen LogP) is 1.69. The van der Waals surface area contributed by atoms with Crippen LogP contribution in [0.15, 0.2) is 58.4 Å². The summed E-state index contributed by atoms with van der Waals surface area (Å²) in [6.07, 6.45) is -0.444. The van der Waals surface area contributed by atoms with Gasteiger partial charge in [-0.2, -0.15) is 0 Å². The monoisotopic (exact) mass is 457 g/mol. The normalized spacial score (nSPS) is 21.3. The molecule has 4 rings (SSSR count). The second kappa shape index (κ2) is 8.62. The van der Waals surface area contributed by atoms with Crippen molar-refractivity contribution in [3.05, 3.63) is 59.7 Å². The number of nitrogens with one attached hydrogen (secondary N) is 2. The summed E-state index contributed by atoms with van der Waals surface area (Å²) in [5, 5.41) is 2.89. The number of amides is 1. The SMILES string of the molecule is CC(OC(=O)[C@H](C)N=C1NS(=O)(=O)c2ccccc21)C(=O)NC1CCOc2ccccc21. The van der Waals surface area contributed by atoms with Crippen molar-refractivity contribution < 1.29 is 27.5 Å². The maximum Gasteiger partial charge on any atom is 0.331 e. The van der Waals surface area contributed by atoms with Crippen LogP contribution < -0.4 is 14.8 Å². The number of nitrogens with zero attached hydrogens (tertiary/aromatic N) is 1. The van der Waals surface area contributed by atoms with E-state index in [0.29, 0.717) is 18.6 Å². The molecule has 0 bridgehead atoms. The van der Waals surface area contributed by atoms with E-state index in [1.807, 2.05) is 24.3 Å². The molecule has 0 fully saturated rings. The van der Waals surface area contributed by atoms with Crippen molar-refractivity contribution in [1.29, 1.82) is 0 Å². The zero-order chi connectivity index (χ0) is 22.9. The van der Waals surface area contributed by atoms with Crippen LogP contribution in [0.2, 0.25) is 0 Å². The zero-order valence-corrected chi connectivity index (χ0v) is 18.4. The summed E-state index contributed by atoms with van der Waals surface area (Å²) < 4.78 is 37.6. The van der Waals surface area contributed by atoms with Crippen LogP contribution in [0.5, 0.6) is 5.75 Å². The molecule has 168 valence electrons. The summed E-state index contributed by atoms with van der Waals surface area (Å²) in [5.41, 5.74) is 1.26. The molecule has 0 spiro atoms. The predicted molar refractivity (Wildman–Crippen MR) is 116 cm³/mol. The molecule has 2 N–H and O–H groups in total. The van der Waals surface area contributed by atoms with Gasteiger partial charge in [-0.15, -0.1) is 0 Å². The van der Waals surface area contributed by atoms with E-state index < -0.39 is 34.0 Å². The second-order valence-electron chi connectivity index (χ2n) is 7.57. The van der Waals surface area contributed by atoms with E-state index in [4.69, 9.17) is 9.47 Å². The number of fused-ring (bicyclic) bond motifs is 2. The Labute approximate surface area is 185 Å². The van der Waals surface area contributed by atoms with Gasteiger partial charge >= 0.3 is 5.97 Å². The molecule has 3 atom stereocenters. The van der Waals surface area contributed by atoms with Gasteiger partial charge in [0.05, 0.1) is 17.5 Å². The summed E-state index contributed by atoms with van der Waals surface area (Å²) in [4.78, 5) is 29.4. The van der Waals surface area contributed by atoms with Crippen LogP contribution in [0, 0.1) is 0 Å². The number of sulfonamides is 1. The lowest BCUT2D eigenvalue weighted by molar-refractivity contribution is -0.155. The molecule has 0 aliphatic carbocycles. The van der Waals surface area contributed by atoms with Gasteiger partial charge in [-0.25, -0.2) is 13.2 Å². The maximum atomic E-state index is 12.6. The molecule has 0 aromatic heterocycles. The average molecular weight is 458 g/mol. The van der Waals surface area contributed by atoms with Crippen molar-refractivity contribution in [3.63, 3.8) is 0 Å². The minimum Gasteiger partial charge on any atom is -0.493 e. The van der Waals surface area contributed by atoms with Gasteiger partial charge < -0.3 is 14.8 Å². The lowest BCUT2D eigenvalue weighted by Crippen LogP contribution is -2.40. The van der Waals surface area contributed by atoms with E-state index in [0.717, 1.165) is 11.3 Å². The Morgan fingerprint density at radius 3 is 2.69 bits per heavy atom. The highest BCUT2D eigenvalue weighted by molar-refractivity contribution is 7.90. The van der Waals surface area contributed by atoms with Gasteiger partial charge in [0.15, 0.2) is 6.10 Å². The summed E-state index contributed by atoms with van der Waals surface area (Å²) in [6.45, 7) is 3.43.